The minimum absolute atomic E-state index is 0.478. The zero-order chi connectivity index (χ0) is 15.6. The van der Waals surface area contributed by atoms with Gasteiger partial charge in [-0.2, -0.15) is 0 Å². The number of nitrogens with zero attached hydrogens (tertiary/aromatic N) is 2. The van der Waals surface area contributed by atoms with Gasteiger partial charge in [-0.1, -0.05) is 25.0 Å². The molecule has 0 spiro atoms. The maximum absolute atomic E-state index is 6.29. The molecule has 1 fully saturated rings. The first-order valence-corrected chi connectivity index (χ1v) is 8.02. The van der Waals surface area contributed by atoms with E-state index in [1.807, 2.05) is 30.3 Å². The van der Waals surface area contributed by atoms with E-state index in [0.717, 1.165) is 17.2 Å². The van der Waals surface area contributed by atoms with Gasteiger partial charge in [0.2, 0.25) is 5.95 Å². The summed E-state index contributed by atoms with van der Waals surface area (Å²) in [6.07, 6.45) is 6.66. The summed E-state index contributed by atoms with van der Waals surface area (Å²) in [5, 5.41) is 9.98. The monoisotopic (exact) mass is 308 g/mol. The van der Waals surface area contributed by atoms with E-state index in [2.05, 4.69) is 25.9 Å². The van der Waals surface area contributed by atoms with Crippen LogP contribution in [0.3, 0.4) is 0 Å². The van der Waals surface area contributed by atoms with Crippen molar-refractivity contribution in [2.75, 3.05) is 16.0 Å². The second-order valence-corrected chi connectivity index (χ2v) is 5.98. The molecule has 0 amide bonds. The second-order valence-electron chi connectivity index (χ2n) is 5.98. The molecule has 0 atom stereocenters. The summed E-state index contributed by atoms with van der Waals surface area (Å²) < 4.78 is 0. The zero-order valence-electron chi connectivity index (χ0n) is 12.8. The molecule has 0 saturated heterocycles. The van der Waals surface area contributed by atoms with Gasteiger partial charge in [-0.3, -0.25) is 0 Å². The standard InChI is InChI=1S/C17H20N6/c18-15(16-21-12-7-3-4-8-13(12)22-16)14-9-10-19-17(23-14)20-11-5-1-2-6-11/h3-4,7-11,21-22H,1-2,5-6,18H2,(H,19,20,23). The number of fused-ring (bicyclic) bond motifs is 1. The lowest BCUT2D eigenvalue weighted by Gasteiger charge is -2.13. The number of aromatic nitrogens is 2. The molecular formula is C17H20N6. The lowest BCUT2D eigenvalue weighted by Crippen LogP contribution is -2.18. The number of nitrogens with one attached hydrogen (secondary N) is 3. The molecule has 0 unspecified atom stereocenters. The minimum atomic E-state index is 0.478. The van der Waals surface area contributed by atoms with Crippen LogP contribution in [0.2, 0.25) is 0 Å². The largest absolute Gasteiger partial charge is 0.394 e. The molecule has 23 heavy (non-hydrogen) atoms. The molecule has 0 bridgehead atoms. The van der Waals surface area contributed by atoms with E-state index < -0.39 is 0 Å². The summed E-state index contributed by atoms with van der Waals surface area (Å²) in [5.41, 5.74) is 9.62. The molecular weight excluding hydrogens is 288 g/mol. The van der Waals surface area contributed by atoms with Crippen molar-refractivity contribution in [2.45, 2.75) is 31.7 Å². The highest BCUT2D eigenvalue weighted by Gasteiger charge is 2.19. The van der Waals surface area contributed by atoms with Gasteiger partial charge in [-0.15, -0.1) is 0 Å². The number of benzene rings is 1. The highest BCUT2D eigenvalue weighted by molar-refractivity contribution is 5.84. The Morgan fingerprint density at radius 1 is 1.09 bits per heavy atom. The summed E-state index contributed by atoms with van der Waals surface area (Å²) in [5.74, 6) is 1.41. The molecule has 2 heterocycles. The summed E-state index contributed by atoms with van der Waals surface area (Å²) in [4.78, 5) is 8.87. The van der Waals surface area contributed by atoms with Gasteiger partial charge in [0.15, 0.2) is 0 Å². The average Bonchev–Trinajstić information content (AvgIpc) is 3.23. The first-order valence-electron chi connectivity index (χ1n) is 8.02. The Labute approximate surface area is 135 Å². The number of hydrogen-bond donors (Lipinski definition) is 4. The predicted molar refractivity (Wildman–Crippen MR) is 92.7 cm³/mol. The first kappa shape index (κ1) is 13.9. The van der Waals surface area contributed by atoms with Crippen LogP contribution >= 0.6 is 0 Å². The minimum Gasteiger partial charge on any atom is -0.394 e. The summed E-state index contributed by atoms with van der Waals surface area (Å²) in [7, 11) is 0. The van der Waals surface area contributed by atoms with Crippen molar-refractivity contribution in [1.82, 2.24) is 9.97 Å². The first-order chi connectivity index (χ1) is 11.3. The lowest BCUT2D eigenvalue weighted by atomic mass is 10.2. The van der Waals surface area contributed by atoms with E-state index in [0.29, 0.717) is 23.4 Å². The van der Waals surface area contributed by atoms with Crippen molar-refractivity contribution in [1.29, 1.82) is 0 Å². The van der Waals surface area contributed by atoms with Crippen LogP contribution in [0, 0.1) is 0 Å². The Morgan fingerprint density at radius 3 is 2.48 bits per heavy atom. The second kappa shape index (κ2) is 5.79. The van der Waals surface area contributed by atoms with Gasteiger partial charge in [0.25, 0.3) is 0 Å². The maximum Gasteiger partial charge on any atom is 0.223 e. The third-order valence-electron chi connectivity index (χ3n) is 4.34. The van der Waals surface area contributed by atoms with Gasteiger partial charge in [0.05, 0.1) is 22.8 Å². The van der Waals surface area contributed by atoms with Crippen molar-refractivity contribution in [3.8, 4) is 0 Å². The Balaban J connectivity index is 1.57. The lowest BCUT2D eigenvalue weighted by molar-refractivity contribution is 0.743. The molecule has 2 aromatic rings. The fraction of sp³-hybridized carbons (Fsp3) is 0.294. The molecule has 1 saturated carbocycles. The van der Waals surface area contributed by atoms with Gasteiger partial charge in [0, 0.05) is 12.2 Å². The zero-order valence-corrected chi connectivity index (χ0v) is 12.8. The normalized spacial score (nSPS) is 16.6. The highest BCUT2D eigenvalue weighted by Crippen LogP contribution is 2.31. The smallest absolute Gasteiger partial charge is 0.223 e. The van der Waals surface area contributed by atoms with E-state index in [1.54, 1.807) is 6.20 Å². The van der Waals surface area contributed by atoms with Gasteiger partial charge < -0.3 is 21.7 Å². The summed E-state index contributed by atoms with van der Waals surface area (Å²) >= 11 is 0. The molecule has 4 rings (SSSR count). The molecule has 1 aliphatic heterocycles. The average molecular weight is 308 g/mol. The third-order valence-corrected chi connectivity index (χ3v) is 4.34. The van der Waals surface area contributed by atoms with Crippen LogP contribution in [-0.2, 0) is 0 Å². The van der Waals surface area contributed by atoms with Crippen LogP contribution in [-0.4, -0.2) is 16.0 Å². The molecule has 6 heteroatoms. The Morgan fingerprint density at radius 2 is 1.78 bits per heavy atom. The van der Waals surface area contributed by atoms with Gasteiger partial charge >= 0.3 is 0 Å². The maximum atomic E-state index is 6.29. The molecule has 1 aromatic heterocycles. The van der Waals surface area contributed by atoms with Gasteiger partial charge in [0.1, 0.15) is 5.82 Å². The third kappa shape index (κ3) is 2.79. The summed E-state index contributed by atoms with van der Waals surface area (Å²) in [6, 6.07) is 10.3. The van der Waals surface area contributed by atoms with Crippen molar-refractivity contribution < 1.29 is 0 Å². The van der Waals surface area contributed by atoms with Crippen LogP contribution in [0.1, 0.15) is 31.4 Å². The van der Waals surface area contributed by atoms with E-state index >= 15 is 0 Å². The van der Waals surface area contributed by atoms with Crippen LogP contribution in [0.5, 0.6) is 0 Å². The number of nitrogens with two attached hydrogens (primary N) is 1. The topological polar surface area (TPSA) is 87.9 Å². The number of hydrogen-bond acceptors (Lipinski definition) is 6. The van der Waals surface area contributed by atoms with Gasteiger partial charge in [-0.25, -0.2) is 9.97 Å². The molecule has 118 valence electrons. The van der Waals surface area contributed by atoms with E-state index in [4.69, 9.17) is 5.73 Å². The SMILES string of the molecule is NC(=C1Nc2ccccc2N1)c1ccnc(NC2CCCC2)n1. The van der Waals surface area contributed by atoms with Crippen LogP contribution in [0.25, 0.3) is 5.70 Å². The Bertz CT molecular complexity index is 721. The van der Waals surface area contributed by atoms with E-state index in [9.17, 15) is 0 Å². The molecule has 1 aromatic carbocycles. The fourth-order valence-corrected chi connectivity index (χ4v) is 3.10. The van der Waals surface area contributed by atoms with Crippen molar-refractivity contribution in [3.05, 3.63) is 48.0 Å². The molecule has 1 aliphatic carbocycles. The molecule has 2 aliphatic rings. The number of para-hydroxylation sites is 2. The molecule has 5 N–H and O–H groups in total. The van der Waals surface area contributed by atoms with Crippen LogP contribution in [0.4, 0.5) is 17.3 Å². The van der Waals surface area contributed by atoms with Crippen molar-refractivity contribution >= 4 is 23.0 Å². The van der Waals surface area contributed by atoms with Crippen LogP contribution in [0.15, 0.2) is 42.3 Å². The molecule has 0 radical (unpaired) electrons. The Hall–Kier alpha value is -2.76. The van der Waals surface area contributed by atoms with E-state index in [1.165, 1.54) is 25.7 Å². The number of anilines is 3. The highest BCUT2D eigenvalue weighted by atomic mass is 15.2. The van der Waals surface area contributed by atoms with Gasteiger partial charge in [-0.05, 0) is 31.0 Å². The Kier molecular flexibility index (Phi) is 3.49. The van der Waals surface area contributed by atoms with Crippen LogP contribution < -0.4 is 21.7 Å². The predicted octanol–water partition coefficient (Wildman–Crippen LogP) is 2.95. The number of rotatable bonds is 3. The van der Waals surface area contributed by atoms with E-state index in [-0.39, 0.29) is 0 Å². The quantitative estimate of drug-likeness (QED) is 0.697. The summed E-state index contributed by atoms with van der Waals surface area (Å²) in [6.45, 7) is 0. The molecule has 6 nitrogen and oxygen atoms in total. The fourth-order valence-electron chi connectivity index (χ4n) is 3.10. The van der Waals surface area contributed by atoms with Crippen molar-refractivity contribution in [2.24, 2.45) is 5.73 Å². The van der Waals surface area contributed by atoms with Crippen molar-refractivity contribution in [3.63, 3.8) is 0 Å².